The van der Waals surface area contributed by atoms with Gasteiger partial charge in [0.2, 0.25) is 5.91 Å². The van der Waals surface area contributed by atoms with Gasteiger partial charge in [-0.15, -0.1) is 10.2 Å². The Bertz CT molecular complexity index is 897. The molecule has 1 aromatic carbocycles. The zero-order valence-electron chi connectivity index (χ0n) is 16.0. The van der Waals surface area contributed by atoms with Crippen molar-refractivity contribution in [3.05, 3.63) is 54.4 Å². The van der Waals surface area contributed by atoms with E-state index in [1.165, 1.54) is 11.8 Å². The van der Waals surface area contributed by atoms with Gasteiger partial charge in [0.15, 0.2) is 11.0 Å². The van der Waals surface area contributed by atoms with Gasteiger partial charge >= 0.3 is 0 Å². The lowest BCUT2D eigenvalue weighted by Gasteiger charge is -2.10. The summed E-state index contributed by atoms with van der Waals surface area (Å²) in [7, 11) is 1.68. The Labute approximate surface area is 168 Å². The van der Waals surface area contributed by atoms with Crippen LogP contribution in [0.2, 0.25) is 0 Å². The number of benzene rings is 1. The molecular formula is C20H23N5O2S. The lowest BCUT2D eigenvalue weighted by atomic mass is 10.2. The summed E-state index contributed by atoms with van der Waals surface area (Å²) in [5.41, 5.74) is 2.83. The molecule has 3 aromatic rings. The molecule has 3 rings (SSSR count). The summed E-state index contributed by atoms with van der Waals surface area (Å²) in [6, 6.07) is 11.5. The van der Waals surface area contributed by atoms with E-state index >= 15 is 0 Å². The average molecular weight is 398 g/mol. The highest BCUT2D eigenvalue weighted by Crippen LogP contribution is 2.24. The van der Waals surface area contributed by atoms with E-state index in [2.05, 4.69) is 20.5 Å². The molecule has 2 aromatic heterocycles. The van der Waals surface area contributed by atoms with E-state index < -0.39 is 0 Å². The van der Waals surface area contributed by atoms with E-state index in [0.29, 0.717) is 18.3 Å². The highest BCUT2D eigenvalue weighted by molar-refractivity contribution is 7.99. The molecule has 28 heavy (non-hydrogen) atoms. The number of rotatable bonds is 9. The van der Waals surface area contributed by atoms with Crippen molar-refractivity contribution < 1.29 is 9.53 Å². The first kappa shape index (κ1) is 20.0. The Morgan fingerprint density at radius 1 is 1.21 bits per heavy atom. The third kappa shape index (κ3) is 5.40. The summed E-state index contributed by atoms with van der Waals surface area (Å²) in [5.74, 6) is 0.914. The number of hydrogen-bond acceptors (Lipinski definition) is 6. The van der Waals surface area contributed by atoms with Crippen molar-refractivity contribution in [3.8, 4) is 11.4 Å². The number of nitrogens with zero attached hydrogens (tertiary/aromatic N) is 4. The highest BCUT2D eigenvalue weighted by Gasteiger charge is 2.15. The predicted octanol–water partition coefficient (Wildman–Crippen LogP) is 3.42. The maximum Gasteiger partial charge on any atom is 0.234 e. The van der Waals surface area contributed by atoms with Crippen LogP contribution in [-0.4, -0.2) is 45.1 Å². The van der Waals surface area contributed by atoms with E-state index in [0.717, 1.165) is 29.1 Å². The van der Waals surface area contributed by atoms with E-state index in [1.807, 2.05) is 47.9 Å². The molecule has 8 heteroatoms. The predicted molar refractivity (Wildman–Crippen MR) is 110 cm³/mol. The molecule has 7 nitrogen and oxygen atoms in total. The second-order valence-electron chi connectivity index (χ2n) is 6.25. The number of pyridine rings is 1. The van der Waals surface area contributed by atoms with Gasteiger partial charge in [-0.2, -0.15) is 0 Å². The van der Waals surface area contributed by atoms with Crippen molar-refractivity contribution in [1.29, 1.82) is 0 Å². The second-order valence-corrected chi connectivity index (χ2v) is 7.19. The van der Waals surface area contributed by atoms with E-state index in [9.17, 15) is 4.79 Å². The molecule has 2 heterocycles. The number of amides is 1. The SMILES string of the molecule is COCCCn1c(SCC(=O)Nc2ccc(C)cc2)nnc1-c1cccnc1. The monoisotopic (exact) mass is 397 g/mol. The summed E-state index contributed by atoms with van der Waals surface area (Å²) in [6.45, 7) is 3.35. The molecule has 0 aliphatic rings. The highest BCUT2D eigenvalue weighted by atomic mass is 32.2. The van der Waals surface area contributed by atoms with Crippen LogP contribution in [0.25, 0.3) is 11.4 Å². The quantitative estimate of drug-likeness (QED) is 0.440. The first-order valence-corrected chi connectivity index (χ1v) is 9.98. The Morgan fingerprint density at radius 3 is 2.75 bits per heavy atom. The molecule has 0 bridgehead atoms. The third-order valence-electron chi connectivity index (χ3n) is 4.03. The van der Waals surface area contributed by atoms with E-state index in [1.54, 1.807) is 19.5 Å². The summed E-state index contributed by atoms with van der Waals surface area (Å²) >= 11 is 1.37. The lowest BCUT2D eigenvalue weighted by molar-refractivity contribution is -0.113. The normalized spacial score (nSPS) is 10.8. The zero-order chi connectivity index (χ0) is 19.8. The van der Waals surface area contributed by atoms with Gasteiger partial charge in [0.05, 0.1) is 5.75 Å². The zero-order valence-corrected chi connectivity index (χ0v) is 16.8. The Morgan fingerprint density at radius 2 is 2.04 bits per heavy atom. The van der Waals surface area contributed by atoms with Crippen LogP contribution in [0, 0.1) is 6.92 Å². The number of hydrogen-bond donors (Lipinski definition) is 1. The first-order chi connectivity index (χ1) is 13.7. The number of methoxy groups -OCH3 is 1. The van der Waals surface area contributed by atoms with Gasteiger partial charge in [-0.1, -0.05) is 29.5 Å². The number of carbonyl (C=O) groups is 1. The molecule has 0 aliphatic carbocycles. The van der Waals surface area contributed by atoms with Crippen molar-refractivity contribution >= 4 is 23.4 Å². The van der Waals surface area contributed by atoms with Crippen LogP contribution in [-0.2, 0) is 16.1 Å². The van der Waals surface area contributed by atoms with Crippen LogP contribution < -0.4 is 5.32 Å². The summed E-state index contributed by atoms with van der Waals surface area (Å²) < 4.78 is 7.17. The number of anilines is 1. The Balaban J connectivity index is 1.69. The van der Waals surface area contributed by atoms with Crippen LogP contribution >= 0.6 is 11.8 Å². The third-order valence-corrected chi connectivity index (χ3v) is 5.00. The number of aromatic nitrogens is 4. The molecule has 146 valence electrons. The number of ether oxygens (including phenoxy) is 1. The fraction of sp³-hybridized carbons (Fsp3) is 0.300. The molecule has 0 unspecified atom stereocenters. The molecule has 0 aliphatic heterocycles. The van der Waals surface area contributed by atoms with Crippen LogP contribution in [0.1, 0.15) is 12.0 Å². The van der Waals surface area contributed by atoms with Crippen molar-refractivity contribution in [2.75, 3.05) is 24.8 Å². The minimum Gasteiger partial charge on any atom is -0.385 e. The van der Waals surface area contributed by atoms with Gasteiger partial charge in [0.1, 0.15) is 0 Å². The molecule has 0 saturated carbocycles. The molecule has 0 spiro atoms. The molecule has 0 radical (unpaired) electrons. The van der Waals surface area contributed by atoms with Crippen molar-refractivity contribution in [2.24, 2.45) is 0 Å². The van der Waals surface area contributed by atoms with Crippen molar-refractivity contribution in [3.63, 3.8) is 0 Å². The molecule has 1 amide bonds. The van der Waals surface area contributed by atoms with Crippen LogP contribution in [0.3, 0.4) is 0 Å². The molecule has 0 atom stereocenters. The van der Waals surface area contributed by atoms with Gasteiger partial charge in [0, 0.05) is 43.9 Å². The van der Waals surface area contributed by atoms with Crippen LogP contribution in [0.15, 0.2) is 53.9 Å². The maximum atomic E-state index is 12.3. The van der Waals surface area contributed by atoms with Gasteiger partial charge in [-0.25, -0.2) is 0 Å². The molecule has 0 saturated heterocycles. The first-order valence-electron chi connectivity index (χ1n) is 8.99. The number of nitrogens with one attached hydrogen (secondary N) is 1. The molecule has 0 fully saturated rings. The van der Waals surface area contributed by atoms with E-state index in [4.69, 9.17) is 4.74 Å². The fourth-order valence-electron chi connectivity index (χ4n) is 2.64. The van der Waals surface area contributed by atoms with Gasteiger partial charge in [-0.05, 0) is 37.6 Å². The van der Waals surface area contributed by atoms with Gasteiger partial charge in [0.25, 0.3) is 0 Å². The van der Waals surface area contributed by atoms with Crippen LogP contribution in [0.4, 0.5) is 5.69 Å². The van der Waals surface area contributed by atoms with Gasteiger partial charge in [-0.3, -0.25) is 9.78 Å². The Hall–Kier alpha value is -2.71. The second kappa shape index (κ2) is 10.0. The summed E-state index contributed by atoms with van der Waals surface area (Å²) in [5, 5.41) is 12.2. The topological polar surface area (TPSA) is 81.9 Å². The largest absolute Gasteiger partial charge is 0.385 e. The Kier molecular flexibility index (Phi) is 7.16. The average Bonchev–Trinajstić information content (AvgIpc) is 3.12. The fourth-order valence-corrected chi connectivity index (χ4v) is 3.40. The minimum absolute atomic E-state index is 0.0803. The van der Waals surface area contributed by atoms with Gasteiger partial charge < -0.3 is 14.6 Å². The van der Waals surface area contributed by atoms with E-state index in [-0.39, 0.29) is 11.7 Å². The number of aryl methyl sites for hydroxylation is 1. The summed E-state index contributed by atoms with van der Waals surface area (Å²) in [6.07, 6.45) is 4.31. The standard InChI is InChI=1S/C20H23N5O2S/c1-15-6-8-17(9-7-15)22-18(26)14-28-20-24-23-19(16-5-3-10-21-13-16)25(20)11-4-12-27-2/h3,5-10,13H,4,11-12,14H2,1-2H3,(H,22,26). The molecular weight excluding hydrogens is 374 g/mol. The summed E-state index contributed by atoms with van der Waals surface area (Å²) in [4.78, 5) is 16.5. The lowest BCUT2D eigenvalue weighted by Crippen LogP contribution is -2.15. The smallest absolute Gasteiger partial charge is 0.234 e. The minimum atomic E-state index is -0.0803. The van der Waals surface area contributed by atoms with Crippen LogP contribution in [0.5, 0.6) is 0 Å². The van der Waals surface area contributed by atoms with Crippen molar-refractivity contribution in [2.45, 2.75) is 25.0 Å². The number of thioether (sulfide) groups is 1. The van der Waals surface area contributed by atoms with Crippen molar-refractivity contribution in [1.82, 2.24) is 19.7 Å². The molecule has 1 N–H and O–H groups in total. The maximum absolute atomic E-state index is 12.3. The number of carbonyl (C=O) groups excluding carboxylic acids is 1.